The van der Waals surface area contributed by atoms with Gasteiger partial charge in [-0.15, -0.1) is 24.0 Å². The molecule has 0 aliphatic carbocycles. The number of pyridine rings is 1. The number of anilines is 1. The van der Waals surface area contributed by atoms with E-state index in [9.17, 15) is 0 Å². The van der Waals surface area contributed by atoms with Gasteiger partial charge in [-0.05, 0) is 58.3 Å². The van der Waals surface area contributed by atoms with Crippen molar-refractivity contribution in [3.05, 3.63) is 23.4 Å². The Morgan fingerprint density at radius 2 is 2.04 bits per heavy atom. The van der Waals surface area contributed by atoms with Crippen LogP contribution < -0.4 is 15.5 Å². The maximum absolute atomic E-state index is 6.29. The third-order valence-corrected chi connectivity index (χ3v) is 5.99. The molecule has 2 N–H and O–H groups in total. The van der Waals surface area contributed by atoms with Crippen LogP contribution in [0.2, 0.25) is 5.02 Å². The van der Waals surface area contributed by atoms with Crippen molar-refractivity contribution in [2.24, 2.45) is 4.99 Å². The number of guanidine groups is 1. The lowest BCUT2D eigenvalue weighted by Crippen LogP contribution is -2.55. The van der Waals surface area contributed by atoms with Gasteiger partial charge in [0.1, 0.15) is 5.82 Å². The highest BCUT2D eigenvalue weighted by Crippen LogP contribution is 2.25. The van der Waals surface area contributed by atoms with Crippen molar-refractivity contribution in [2.75, 3.05) is 44.7 Å². The first-order chi connectivity index (χ1) is 13.0. The van der Waals surface area contributed by atoms with Gasteiger partial charge in [0.15, 0.2) is 5.96 Å². The number of piperidine rings is 1. The smallest absolute Gasteiger partial charge is 0.191 e. The minimum absolute atomic E-state index is 0. The third kappa shape index (κ3) is 6.10. The maximum atomic E-state index is 6.29. The van der Waals surface area contributed by atoms with Gasteiger partial charge in [-0.3, -0.25) is 9.89 Å². The van der Waals surface area contributed by atoms with Crippen molar-refractivity contribution in [1.29, 1.82) is 0 Å². The van der Waals surface area contributed by atoms with E-state index >= 15 is 0 Å². The molecule has 2 aliphatic rings. The number of nitrogens with one attached hydrogen (secondary N) is 2. The molecule has 1 aromatic heterocycles. The number of aromatic nitrogens is 1. The fraction of sp³-hybridized carbons (Fsp3) is 0.700. The molecular formula is C20H34ClIN6. The Hall–Kier alpha value is -0.800. The number of likely N-dealkylation sites (tertiary alicyclic amines) is 1. The monoisotopic (exact) mass is 520 g/mol. The summed E-state index contributed by atoms with van der Waals surface area (Å²) in [7, 11) is 1.84. The molecular weight excluding hydrogens is 487 g/mol. The summed E-state index contributed by atoms with van der Waals surface area (Å²) in [6.07, 6.45) is 6.82. The zero-order valence-electron chi connectivity index (χ0n) is 17.2. The van der Waals surface area contributed by atoms with Crippen LogP contribution in [0.15, 0.2) is 23.3 Å². The van der Waals surface area contributed by atoms with E-state index in [2.05, 4.69) is 44.3 Å². The number of hydrogen-bond donors (Lipinski definition) is 2. The van der Waals surface area contributed by atoms with Crippen molar-refractivity contribution in [3.63, 3.8) is 0 Å². The Balaban J connectivity index is 0.00000280. The van der Waals surface area contributed by atoms with Crippen molar-refractivity contribution in [3.8, 4) is 0 Å². The van der Waals surface area contributed by atoms with Gasteiger partial charge in [-0.2, -0.15) is 0 Å². The van der Waals surface area contributed by atoms with Crippen LogP contribution in [0.3, 0.4) is 0 Å². The lowest BCUT2D eigenvalue weighted by Gasteiger charge is -2.41. The molecule has 6 nitrogen and oxygen atoms in total. The largest absolute Gasteiger partial charge is 0.355 e. The molecule has 0 amide bonds. The van der Waals surface area contributed by atoms with E-state index in [0.717, 1.165) is 37.8 Å². The second-order valence-corrected chi connectivity index (χ2v) is 8.58. The molecule has 1 unspecified atom stereocenters. The number of nitrogens with zero attached hydrogens (tertiary/aromatic N) is 4. The maximum Gasteiger partial charge on any atom is 0.191 e. The first-order valence-electron chi connectivity index (χ1n) is 10.1. The first-order valence-corrected chi connectivity index (χ1v) is 10.4. The standard InChI is InChI=1S/C20H33ClN6.HI/c1-20(2,27-11-5-4-6-12-27)15-24-19(22-3)25-16-9-13-26(14-16)18-17(21)8-7-10-23-18;/h7-8,10,16H,4-6,9,11-15H2,1-3H3,(H2,22,24,25);1H. The second-order valence-electron chi connectivity index (χ2n) is 8.17. The summed E-state index contributed by atoms with van der Waals surface area (Å²) in [4.78, 5) is 13.7. The van der Waals surface area contributed by atoms with Crippen LogP contribution >= 0.6 is 35.6 Å². The van der Waals surface area contributed by atoms with E-state index in [4.69, 9.17) is 11.6 Å². The Labute approximate surface area is 191 Å². The Morgan fingerprint density at radius 3 is 2.71 bits per heavy atom. The van der Waals surface area contributed by atoms with Gasteiger partial charge in [-0.25, -0.2) is 4.98 Å². The molecule has 0 bridgehead atoms. The minimum Gasteiger partial charge on any atom is -0.355 e. The van der Waals surface area contributed by atoms with Crippen LogP contribution in [-0.4, -0.2) is 67.2 Å². The molecule has 1 atom stereocenters. The first kappa shape index (κ1) is 23.5. The second kappa shape index (κ2) is 10.8. The molecule has 3 heterocycles. The molecule has 0 spiro atoms. The minimum atomic E-state index is 0. The fourth-order valence-corrected chi connectivity index (χ4v) is 4.22. The third-order valence-electron chi connectivity index (χ3n) is 5.69. The number of hydrogen-bond acceptors (Lipinski definition) is 4. The molecule has 1 aromatic rings. The van der Waals surface area contributed by atoms with Crippen molar-refractivity contribution in [1.82, 2.24) is 20.5 Å². The quantitative estimate of drug-likeness (QED) is 0.354. The molecule has 3 rings (SSSR count). The van der Waals surface area contributed by atoms with Crippen LogP contribution in [0.1, 0.15) is 39.5 Å². The van der Waals surface area contributed by atoms with Crippen molar-refractivity contribution >= 4 is 47.4 Å². The average Bonchev–Trinajstić information content (AvgIpc) is 3.14. The highest BCUT2D eigenvalue weighted by molar-refractivity contribution is 14.0. The Morgan fingerprint density at radius 1 is 1.29 bits per heavy atom. The Bertz CT molecular complexity index is 647. The van der Waals surface area contributed by atoms with Gasteiger partial charge < -0.3 is 15.5 Å². The summed E-state index contributed by atoms with van der Waals surface area (Å²) in [5, 5.41) is 7.82. The summed E-state index contributed by atoms with van der Waals surface area (Å²) in [5.41, 5.74) is 0.126. The lowest BCUT2D eigenvalue weighted by atomic mass is 9.98. The van der Waals surface area contributed by atoms with Gasteiger partial charge in [0.2, 0.25) is 0 Å². The van der Waals surface area contributed by atoms with Crippen LogP contribution in [0, 0.1) is 0 Å². The molecule has 2 fully saturated rings. The van der Waals surface area contributed by atoms with E-state index in [1.807, 2.05) is 19.2 Å². The van der Waals surface area contributed by atoms with E-state index < -0.39 is 0 Å². The van der Waals surface area contributed by atoms with Gasteiger partial charge in [0.05, 0.1) is 5.02 Å². The number of rotatable bonds is 5. The summed E-state index contributed by atoms with van der Waals surface area (Å²) >= 11 is 6.29. The highest BCUT2D eigenvalue weighted by Gasteiger charge is 2.29. The predicted octanol–water partition coefficient (Wildman–Crippen LogP) is 3.36. The number of aliphatic imine (C=N–C) groups is 1. The highest BCUT2D eigenvalue weighted by atomic mass is 127. The lowest BCUT2D eigenvalue weighted by molar-refractivity contribution is 0.0982. The van der Waals surface area contributed by atoms with E-state index in [-0.39, 0.29) is 29.5 Å². The molecule has 0 saturated carbocycles. The van der Waals surface area contributed by atoms with Crippen molar-refractivity contribution in [2.45, 2.75) is 51.1 Å². The van der Waals surface area contributed by atoms with Crippen molar-refractivity contribution < 1.29 is 0 Å². The van der Waals surface area contributed by atoms with E-state index in [1.165, 1.54) is 32.4 Å². The number of halogens is 2. The van der Waals surface area contributed by atoms with Crippen LogP contribution in [-0.2, 0) is 0 Å². The van der Waals surface area contributed by atoms with Gasteiger partial charge in [-0.1, -0.05) is 18.0 Å². The van der Waals surface area contributed by atoms with E-state index in [1.54, 1.807) is 6.20 Å². The predicted molar refractivity (Wildman–Crippen MR) is 129 cm³/mol. The molecule has 0 radical (unpaired) electrons. The van der Waals surface area contributed by atoms with Gasteiger partial charge in [0.25, 0.3) is 0 Å². The SMILES string of the molecule is CN=C(NCC(C)(C)N1CCCCC1)NC1CCN(c2ncccc2Cl)C1.I. The van der Waals surface area contributed by atoms with Gasteiger partial charge in [0, 0.05) is 44.5 Å². The molecule has 0 aromatic carbocycles. The Kier molecular flexibility index (Phi) is 9.08. The fourth-order valence-electron chi connectivity index (χ4n) is 3.98. The topological polar surface area (TPSA) is 55.8 Å². The van der Waals surface area contributed by atoms with Crippen LogP contribution in [0.25, 0.3) is 0 Å². The zero-order chi connectivity index (χ0) is 19.3. The van der Waals surface area contributed by atoms with E-state index in [0.29, 0.717) is 11.1 Å². The summed E-state index contributed by atoms with van der Waals surface area (Å²) in [5.74, 6) is 1.75. The molecule has 2 saturated heterocycles. The normalized spacial score (nSPS) is 21.4. The van der Waals surface area contributed by atoms with Gasteiger partial charge >= 0.3 is 0 Å². The van der Waals surface area contributed by atoms with Crippen LogP contribution in [0.5, 0.6) is 0 Å². The summed E-state index contributed by atoms with van der Waals surface area (Å²) in [6.45, 7) is 9.75. The molecule has 158 valence electrons. The molecule has 28 heavy (non-hydrogen) atoms. The summed E-state index contributed by atoms with van der Waals surface area (Å²) in [6, 6.07) is 4.11. The molecule has 8 heteroatoms. The summed E-state index contributed by atoms with van der Waals surface area (Å²) < 4.78 is 0. The zero-order valence-corrected chi connectivity index (χ0v) is 20.3. The molecule has 2 aliphatic heterocycles. The average molecular weight is 521 g/mol. The van der Waals surface area contributed by atoms with Crippen LogP contribution in [0.4, 0.5) is 5.82 Å².